The fourth-order valence-corrected chi connectivity index (χ4v) is 3.76. The maximum Gasteiger partial charge on any atom is 0.228 e. The van der Waals surface area contributed by atoms with Crippen LogP contribution in [-0.4, -0.2) is 53.0 Å². The van der Waals surface area contributed by atoms with Crippen LogP contribution in [0.25, 0.3) is 0 Å². The van der Waals surface area contributed by atoms with Crippen LogP contribution in [0.15, 0.2) is 10.6 Å². The first-order valence-electron chi connectivity index (χ1n) is 8.05. The standard InChI is InChI=1S/C16H24N2O4/c1-3-21-14-10-13(19)16(14)4-6-18(7-5-16)15(20)9-12-8-11(2)22-17-12/h8,13-14,19H,3-7,9-10H2,1-2H3/t13-,14-/m0/s1. The Morgan fingerprint density at radius 3 is 2.82 bits per heavy atom. The summed E-state index contributed by atoms with van der Waals surface area (Å²) in [5.41, 5.74) is 0.538. The predicted octanol–water partition coefficient (Wildman–Crippen LogP) is 1.30. The highest BCUT2D eigenvalue weighted by molar-refractivity contribution is 5.78. The van der Waals surface area contributed by atoms with Crippen molar-refractivity contribution in [3.05, 3.63) is 17.5 Å². The third kappa shape index (κ3) is 2.65. The van der Waals surface area contributed by atoms with Gasteiger partial charge in [0.2, 0.25) is 5.91 Å². The molecule has 1 aliphatic heterocycles. The second-order valence-corrected chi connectivity index (χ2v) is 6.42. The van der Waals surface area contributed by atoms with Crippen LogP contribution in [0.2, 0.25) is 0 Å². The quantitative estimate of drug-likeness (QED) is 0.907. The maximum absolute atomic E-state index is 12.3. The van der Waals surface area contributed by atoms with Gasteiger partial charge in [0.1, 0.15) is 5.76 Å². The molecule has 1 N–H and O–H groups in total. The Bertz CT molecular complexity index is 532. The summed E-state index contributed by atoms with van der Waals surface area (Å²) in [7, 11) is 0. The second-order valence-electron chi connectivity index (χ2n) is 6.42. The highest BCUT2D eigenvalue weighted by Gasteiger charge is 2.56. The van der Waals surface area contributed by atoms with E-state index in [0.717, 1.165) is 25.0 Å². The minimum Gasteiger partial charge on any atom is -0.392 e. The van der Waals surface area contributed by atoms with Gasteiger partial charge in [-0.1, -0.05) is 5.16 Å². The van der Waals surface area contributed by atoms with E-state index in [0.29, 0.717) is 25.4 Å². The minimum atomic E-state index is -0.292. The number of carbonyl (C=O) groups excluding carboxylic acids is 1. The summed E-state index contributed by atoms with van der Waals surface area (Å²) in [5, 5.41) is 14.0. The fraction of sp³-hybridized carbons (Fsp3) is 0.750. The number of hydrogen-bond acceptors (Lipinski definition) is 5. The molecule has 0 radical (unpaired) electrons. The SMILES string of the molecule is CCO[C@H]1C[C@H](O)C12CCN(C(=O)Cc1cc(C)on1)CC2. The molecule has 1 aromatic rings. The monoisotopic (exact) mass is 308 g/mol. The summed E-state index contributed by atoms with van der Waals surface area (Å²) in [4.78, 5) is 14.2. The first kappa shape index (κ1) is 15.5. The first-order valence-corrected chi connectivity index (χ1v) is 8.05. The van der Waals surface area contributed by atoms with E-state index in [-0.39, 0.29) is 30.0 Å². The van der Waals surface area contributed by atoms with Gasteiger partial charge < -0.3 is 19.3 Å². The largest absolute Gasteiger partial charge is 0.392 e. The number of hydrogen-bond donors (Lipinski definition) is 1. The Morgan fingerprint density at radius 2 is 2.27 bits per heavy atom. The Morgan fingerprint density at radius 1 is 1.55 bits per heavy atom. The Hall–Kier alpha value is -1.40. The normalized spacial score (nSPS) is 27.0. The minimum absolute atomic E-state index is 0.0740. The van der Waals surface area contributed by atoms with Gasteiger partial charge in [-0.25, -0.2) is 0 Å². The number of aliphatic hydroxyl groups excluding tert-OH is 1. The van der Waals surface area contributed by atoms with Crippen molar-refractivity contribution in [3.63, 3.8) is 0 Å². The molecule has 0 aromatic carbocycles. The molecule has 0 unspecified atom stereocenters. The Balaban J connectivity index is 1.56. The number of aliphatic hydroxyl groups is 1. The molecule has 6 heteroatoms. The average molecular weight is 308 g/mol. The highest BCUT2D eigenvalue weighted by Crippen LogP contribution is 2.50. The molecule has 2 heterocycles. The number of piperidine rings is 1. The van der Waals surface area contributed by atoms with Gasteiger partial charge in [-0.3, -0.25) is 4.79 Å². The summed E-state index contributed by atoms with van der Waals surface area (Å²) in [6.07, 6.45) is 2.47. The topological polar surface area (TPSA) is 75.8 Å². The van der Waals surface area contributed by atoms with Crippen LogP contribution in [0.5, 0.6) is 0 Å². The molecule has 0 bridgehead atoms. The van der Waals surface area contributed by atoms with Crippen molar-refractivity contribution in [1.82, 2.24) is 10.1 Å². The summed E-state index contributed by atoms with van der Waals surface area (Å²) < 4.78 is 10.7. The Labute approximate surface area is 130 Å². The van der Waals surface area contributed by atoms with Gasteiger partial charge in [0.05, 0.1) is 24.3 Å². The van der Waals surface area contributed by atoms with Crippen molar-refractivity contribution in [2.75, 3.05) is 19.7 Å². The van der Waals surface area contributed by atoms with E-state index in [4.69, 9.17) is 9.26 Å². The predicted molar refractivity (Wildman–Crippen MR) is 79.2 cm³/mol. The van der Waals surface area contributed by atoms with E-state index in [9.17, 15) is 9.90 Å². The van der Waals surface area contributed by atoms with E-state index < -0.39 is 0 Å². The van der Waals surface area contributed by atoms with Crippen molar-refractivity contribution in [2.24, 2.45) is 5.41 Å². The fourth-order valence-electron chi connectivity index (χ4n) is 3.76. The number of aromatic nitrogens is 1. The van der Waals surface area contributed by atoms with Gasteiger partial charge in [-0.2, -0.15) is 0 Å². The first-order chi connectivity index (χ1) is 10.5. The van der Waals surface area contributed by atoms with Gasteiger partial charge >= 0.3 is 0 Å². The molecule has 1 spiro atoms. The van der Waals surface area contributed by atoms with Gasteiger partial charge in [-0.15, -0.1) is 0 Å². The van der Waals surface area contributed by atoms with Crippen LogP contribution in [0.1, 0.15) is 37.6 Å². The number of amides is 1. The van der Waals surface area contributed by atoms with Gasteiger partial charge in [0.25, 0.3) is 0 Å². The molecule has 1 saturated heterocycles. The lowest BCUT2D eigenvalue weighted by Gasteiger charge is -2.56. The van der Waals surface area contributed by atoms with E-state index in [1.54, 1.807) is 6.07 Å². The summed E-state index contributed by atoms with van der Waals surface area (Å²) >= 11 is 0. The number of carbonyl (C=O) groups is 1. The maximum atomic E-state index is 12.3. The Kier molecular flexibility index (Phi) is 4.23. The second kappa shape index (κ2) is 6.01. The van der Waals surface area contributed by atoms with Crippen molar-refractivity contribution in [3.8, 4) is 0 Å². The lowest BCUT2D eigenvalue weighted by molar-refractivity contribution is -0.210. The third-order valence-electron chi connectivity index (χ3n) is 5.17. The van der Waals surface area contributed by atoms with E-state index >= 15 is 0 Å². The lowest BCUT2D eigenvalue weighted by Crippen LogP contribution is -2.62. The number of likely N-dealkylation sites (tertiary alicyclic amines) is 1. The molecule has 2 fully saturated rings. The molecule has 2 aliphatic rings. The van der Waals surface area contributed by atoms with Gasteiger partial charge in [0, 0.05) is 37.6 Å². The lowest BCUT2D eigenvalue weighted by atomic mass is 9.58. The van der Waals surface area contributed by atoms with Crippen molar-refractivity contribution in [1.29, 1.82) is 0 Å². The molecular weight excluding hydrogens is 284 g/mol. The zero-order chi connectivity index (χ0) is 15.7. The van der Waals surface area contributed by atoms with Crippen molar-refractivity contribution in [2.45, 2.75) is 51.7 Å². The number of nitrogens with zero attached hydrogens (tertiary/aromatic N) is 2. The van der Waals surface area contributed by atoms with Gasteiger partial charge in [0.15, 0.2) is 0 Å². The number of ether oxygens (including phenoxy) is 1. The summed E-state index contributed by atoms with van der Waals surface area (Å²) in [6, 6.07) is 1.80. The zero-order valence-corrected chi connectivity index (χ0v) is 13.2. The molecule has 6 nitrogen and oxygen atoms in total. The molecule has 22 heavy (non-hydrogen) atoms. The average Bonchev–Trinajstić information content (AvgIpc) is 2.92. The molecular formula is C16H24N2O4. The van der Waals surface area contributed by atoms with E-state index in [1.165, 1.54) is 0 Å². The molecule has 1 saturated carbocycles. The van der Waals surface area contributed by atoms with Crippen LogP contribution in [0, 0.1) is 12.3 Å². The summed E-state index contributed by atoms with van der Waals surface area (Å²) in [6.45, 7) is 5.83. The highest BCUT2D eigenvalue weighted by atomic mass is 16.5. The van der Waals surface area contributed by atoms with Crippen LogP contribution in [0.3, 0.4) is 0 Å². The number of rotatable bonds is 4. The van der Waals surface area contributed by atoms with Crippen LogP contribution in [0.4, 0.5) is 0 Å². The van der Waals surface area contributed by atoms with Crippen LogP contribution in [-0.2, 0) is 16.0 Å². The van der Waals surface area contributed by atoms with Crippen molar-refractivity contribution >= 4 is 5.91 Å². The van der Waals surface area contributed by atoms with E-state index in [2.05, 4.69) is 5.16 Å². The number of aryl methyl sites for hydroxylation is 1. The molecule has 1 aromatic heterocycles. The van der Waals surface area contributed by atoms with Crippen LogP contribution >= 0.6 is 0 Å². The molecule has 1 amide bonds. The molecule has 122 valence electrons. The van der Waals surface area contributed by atoms with Crippen molar-refractivity contribution < 1.29 is 19.2 Å². The molecule has 1 aliphatic carbocycles. The zero-order valence-electron chi connectivity index (χ0n) is 13.2. The molecule has 3 rings (SSSR count). The van der Waals surface area contributed by atoms with E-state index in [1.807, 2.05) is 18.7 Å². The third-order valence-corrected chi connectivity index (χ3v) is 5.17. The van der Waals surface area contributed by atoms with Gasteiger partial charge in [-0.05, 0) is 26.7 Å². The smallest absolute Gasteiger partial charge is 0.228 e. The van der Waals surface area contributed by atoms with Crippen LogP contribution < -0.4 is 0 Å². The molecule has 2 atom stereocenters. The summed E-state index contributed by atoms with van der Waals surface area (Å²) in [5.74, 6) is 0.794.